The molecule has 0 radical (unpaired) electrons. The van der Waals surface area contributed by atoms with E-state index in [1.807, 2.05) is 20.8 Å². The molecule has 0 aromatic heterocycles. The van der Waals surface area contributed by atoms with E-state index in [1.54, 1.807) is 7.11 Å². The van der Waals surface area contributed by atoms with Gasteiger partial charge in [0.2, 0.25) is 0 Å². The van der Waals surface area contributed by atoms with Crippen LogP contribution >= 0.6 is 0 Å². The summed E-state index contributed by atoms with van der Waals surface area (Å²) in [4.78, 5) is 10.8. The molecule has 1 saturated carbocycles. The van der Waals surface area contributed by atoms with Gasteiger partial charge < -0.3 is 9.84 Å². The van der Waals surface area contributed by atoms with Crippen molar-refractivity contribution in [1.29, 1.82) is 0 Å². The first kappa shape index (κ1) is 9.52. The number of hydrogen-bond donors (Lipinski definition) is 1. The van der Waals surface area contributed by atoms with Crippen LogP contribution in [0.15, 0.2) is 0 Å². The fourth-order valence-corrected chi connectivity index (χ4v) is 2.22. The summed E-state index contributed by atoms with van der Waals surface area (Å²) in [5.74, 6) is -0.968. The molecular formula is C9H16O3. The highest BCUT2D eigenvalue weighted by Gasteiger charge is 2.71. The van der Waals surface area contributed by atoms with Gasteiger partial charge in [0.15, 0.2) is 0 Å². The lowest BCUT2D eigenvalue weighted by molar-refractivity contribution is -0.140. The molecule has 1 aliphatic rings. The Balaban J connectivity index is 2.76. The van der Waals surface area contributed by atoms with Crippen LogP contribution in [-0.2, 0) is 9.53 Å². The molecule has 1 N–H and O–H groups in total. The Bertz CT molecular complexity index is 210. The molecule has 0 heterocycles. The van der Waals surface area contributed by atoms with Crippen molar-refractivity contribution in [2.45, 2.75) is 20.8 Å². The number of hydrogen-bond acceptors (Lipinski definition) is 2. The van der Waals surface area contributed by atoms with Crippen LogP contribution in [0, 0.1) is 16.7 Å². The summed E-state index contributed by atoms with van der Waals surface area (Å²) in [5, 5.41) is 8.90. The highest BCUT2D eigenvalue weighted by atomic mass is 16.5. The first-order chi connectivity index (χ1) is 5.38. The van der Waals surface area contributed by atoms with Crippen molar-refractivity contribution in [3.8, 4) is 0 Å². The molecule has 3 heteroatoms. The largest absolute Gasteiger partial charge is 0.481 e. The summed E-state index contributed by atoms with van der Waals surface area (Å²) >= 11 is 0. The van der Waals surface area contributed by atoms with E-state index in [-0.39, 0.29) is 16.7 Å². The third kappa shape index (κ3) is 0.959. The predicted molar refractivity (Wildman–Crippen MR) is 44.9 cm³/mol. The SMILES string of the molecule is COCC1(C)C(C(=O)O)C1(C)C. The Labute approximate surface area is 72.7 Å². The maximum Gasteiger partial charge on any atom is 0.307 e. The van der Waals surface area contributed by atoms with Crippen LogP contribution in [0.4, 0.5) is 0 Å². The second-order valence-electron chi connectivity index (χ2n) is 4.34. The summed E-state index contributed by atoms with van der Waals surface area (Å²) in [6.45, 7) is 6.45. The van der Waals surface area contributed by atoms with E-state index < -0.39 is 5.97 Å². The fourth-order valence-electron chi connectivity index (χ4n) is 2.22. The van der Waals surface area contributed by atoms with Crippen LogP contribution in [0.25, 0.3) is 0 Å². The highest BCUT2D eigenvalue weighted by molar-refractivity contribution is 5.76. The first-order valence-electron chi connectivity index (χ1n) is 4.09. The maximum atomic E-state index is 10.8. The second kappa shape index (κ2) is 2.46. The molecule has 2 atom stereocenters. The average molecular weight is 172 g/mol. The first-order valence-corrected chi connectivity index (χ1v) is 4.09. The van der Waals surface area contributed by atoms with Gasteiger partial charge in [0.25, 0.3) is 0 Å². The molecule has 0 bridgehead atoms. The second-order valence-corrected chi connectivity index (χ2v) is 4.34. The van der Waals surface area contributed by atoms with Gasteiger partial charge in [0.05, 0.1) is 12.5 Å². The standard InChI is InChI=1S/C9H16O3/c1-8(2)6(7(10)11)9(8,3)5-12-4/h6H,5H2,1-4H3,(H,10,11). The number of carbonyl (C=O) groups is 1. The lowest BCUT2D eigenvalue weighted by Crippen LogP contribution is -2.13. The van der Waals surface area contributed by atoms with Crippen LogP contribution in [-0.4, -0.2) is 24.8 Å². The summed E-state index contributed by atoms with van der Waals surface area (Å²) in [6, 6.07) is 0. The molecule has 2 unspecified atom stereocenters. The number of rotatable bonds is 3. The Kier molecular flexibility index (Phi) is 1.95. The van der Waals surface area contributed by atoms with Gasteiger partial charge in [0.1, 0.15) is 0 Å². The molecule has 0 spiro atoms. The molecule has 3 nitrogen and oxygen atoms in total. The minimum Gasteiger partial charge on any atom is -0.481 e. The predicted octanol–water partition coefficient (Wildman–Crippen LogP) is 1.38. The Morgan fingerprint density at radius 2 is 2.00 bits per heavy atom. The smallest absolute Gasteiger partial charge is 0.307 e. The number of aliphatic carboxylic acids is 1. The van der Waals surface area contributed by atoms with Crippen LogP contribution in [0.3, 0.4) is 0 Å². The van der Waals surface area contributed by atoms with Crippen molar-refractivity contribution < 1.29 is 14.6 Å². The summed E-state index contributed by atoms with van der Waals surface area (Å²) in [7, 11) is 1.61. The minimum absolute atomic E-state index is 0.130. The van der Waals surface area contributed by atoms with Crippen molar-refractivity contribution in [3.63, 3.8) is 0 Å². The molecular weight excluding hydrogens is 156 g/mol. The summed E-state index contributed by atoms with van der Waals surface area (Å²) < 4.78 is 5.02. The topological polar surface area (TPSA) is 46.5 Å². The fraction of sp³-hybridized carbons (Fsp3) is 0.889. The minimum atomic E-state index is -0.709. The van der Waals surface area contributed by atoms with Crippen molar-refractivity contribution >= 4 is 5.97 Å². The zero-order valence-corrected chi connectivity index (χ0v) is 8.05. The molecule has 0 amide bonds. The molecule has 0 saturated heterocycles. The number of methoxy groups -OCH3 is 1. The van der Waals surface area contributed by atoms with Crippen molar-refractivity contribution in [3.05, 3.63) is 0 Å². The lowest BCUT2D eigenvalue weighted by atomic mass is 9.99. The van der Waals surface area contributed by atoms with Crippen molar-refractivity contribution in [2.75, 3.05) is 13.7 Å². The van der Waals surface area contributed by atoms with Crippen LogP contribution in [0.5, 0.6) is 0 Å². The van der Waals surface area contributed by atoms with E-state index in [2.05, 4.69) is 0 Å². The van der Waals surface area contributed by atoms with E-state index in [4.69, 9.17) is 9.84 Å². The Morgan fingerprint density at radius 3 is 2.25 bits per heavy atom. The van der Waals surface area contributed by atoms with Crippen molar-refractivity contribution in [1.82, 2.24) is 0 Å². The normalized spacial score (nSPS) is 37.8. The lowest BCUT2D eigenvalue weighted by Gasteiger charge is -2.11. The summed E-state index contributed by atoms with van der Waals surface area (Å²) in [5.41, 5.74) is -0.317. The quantitative estimate of drug-likeness (QED) is 0.699. The van der Waals surface area contributed by atoms with Crippen LogP contribution < -0.4 is 0 Å². The van der Waals surface area contributed by atoms with Gasteiger partial charge in [-0.1, -0.05) is 20.8 Å². The third-order valence-corrected chi connectivity index (χ3v) is 3.44. The molecule has 12 heavy (non-hydrogen) atoms. The highest BCUT2D eigenvalue weighted by Crippen LogP contribution is 2.68. The van der Waals surface area contributed by atoms with E-state index >= 15 is 0 Å². The molecule has 0 aliphatic heterocycles. The van der Waals surface area contributed by atoms with E-state index in [9.17, 15) is 4.79 Å². The zero-order chi connectivity index (χ0) is 9.57. The average Bonchev–Trinajstić information content (AvgIpc) is 2.26. The maximum absolute atomic E-state index is 10.8. The van der Waals surface area contributed by atoms with Gasteiger partial charge in [-0.2, -0.15) is 0 Å². The van der Waals surface area contributed by atoms with E-state index in [1.165, 1.54) is 0 Å². The third-order valence-electron chi connectivity index (χ3n) is 3.44. The molecule has 1 aliphatic carbocycles. The number of ether oxygens (including phenoxy) is 1. The van der Waals surface area contributed by atoms with Gasteiger partial charge in [0, 0.05) is 12.5 Å². The van der Waals surface area contributed by atoms with E-state index in [0.717, 1.165) is 0 Å². The zero-order valence-electron chi connectivity index (χ0n) is 8.05. The van der Waals surface area contributed by atoms with Gasteiger partial charge in [-0.25, -0.2) is 0 Å². The number of carboxylic acid groups (broad SMARTS) is 1. The van der Waals surface area contributed by atoms with Crippen LogP contribution in [0.2, 0.25) is 0 Å². The van der Waals surface area contributed by atoms with Crippen LogP contribution in [0.1, 0.15) is 20.8 Å². The van der Waals surface area contributed by atoms with Gasteiger partial charge in [-0.05, 0) is 5.41 Å². The van der Waals surface area contributed by atoms with Gasteiger partial charge in [-0.3, -0.25) is 4.79 Å². The van der Waals surface area contributed by atoms with Gasteiger partial charge >= 0.3 is 5.97 Å². The summed E-state index contributed by atoms with van der Waals surface area (Å²) in [6.07, 6.45) is 0. The Morgan fingerprint density at radius 1 is 1.50 bits per heavy atom. The monoisotopic (exact) mass is 172 g/mol. The molecule has 0 aromatic rings. The van der Waals surface area contributed by atoms with Gasteiger partial charge in [-0.15, -0.1) is 0 Å². The van der Waals surface area contributed by atoms with Crippen molar-refractivity contribution in [2.24, 2.45) is 16.7 Å². The number of carboxylic acids is 1. The van der Waals surface area contributed by atoms with E-state index in [0.29, 0.717) is 6.61 Å². The molecule has 70 valence electrons. The molecule has 1 rings (SSSR count). The molecule has 1 fully saturated rings. The Hall–Kier alpha value is -0.570. The molecule has 0 aromatic carbocycles.